The Balaban J connectivity index is 1.98. The first-order chi connectivity index (χ1) is 12.1. The summed E-state index contributed by atoms with van der Waals surface area (Å²) in [6.45, 7) is 1.47. The molecule has 3 rings (SSSR count). The summed E-state index contributed by atoms with van der Waals surface area (Å²) < 4.78 is 10.7. The number of fused-ring (bicyclic) bond motifs is 1. The van der Waals surface area contributed by atoms with E-state index in [4.69, 9.17) is 9.15 Å². The highest BCUT2D eigenvalue weighted by atomic mass is 16.5. The van der Waals surface area contributed by atoms with E-state index in [2.05, 4.69) is 5.32 Å². The zero-order valence-corrected chi connectivity index (χ0v) is 13.9. The SMILES string of the molecule is COc1ccc2ccc(=O)oc2c1C=Cc1ccc(NC(C)=O)cc1. The number of nitrogens with one attached hydrogen (secondary N) is 1. The van der Waals surface area contributed by atoms with Crippen molar-refractivity contribution in [1.29, 1.82) is 0 Å². The minimum Gasteiger partial charge on any atom is -0.496 e. The van der Waals surface area contributed by atoms with Crippen LogP contribution in [0, 0.1) is 0 Å². The van der Waals surface area contributed by atoms with E-state index < -0.39 is 5.63 Å². The molecule has 0 fully saturated rings. The minimum absolute atomic E-state index is 0.112. The van der Waals surface area contributed by atoms with Crippen LogP contribution in [-0.2, 0) is 4.79 Å². The number of carbonyl (C=O) groups excluding carboxylic acids is 1. The topological polar surface area (TPSA) is 68.5 Å². The van der Waals surface area contributed by atoms with Crippen LogP contribution in [0.3, 0.4) is 0 Å². The molecule has 0 aliphatic rings. The lowest BCUT2D eigenvalue weighted by Gasteiger charge is -2.07. The van der Waals surface area contributed by atoms with Gasteiger partial charge >= 0.3 is 5.63 Å². The Morgan fingerprint density at radius 3 is 2.44 bits per heavy atom. The van der Waals surface area contributed by atoms with Gasteiger partial charge in [-0.25, -0.2) is 4.79 Å². The standard InChI is InChI=1S/C20H17NO4/c1-13(22)21-16-8-3-14(4-9-16)5-10-17-18(24-2)11-6-15-7-12-19(23)25-20(15)17/h3-12H,1-2H3,(H,21,22). The summed E-state index contributed by atoms with van der Waals surface area (Å²) in [5, 5.41) is 3.54. The Morgan fingerprint density at radius 1 is 1.04 bits per heavy atom. The maximum absolute atomic E-state index is 11.6. The van der Waals surface area contributed by atoms with E-state index >= 15 is 0 Å². The van der Waals surface area contributed by atoms with Gasteiger partial charge in [-0.05, 0) is 42.0 Å². The summed E-state index contributed by atoms with van der Waals surface area (Å²) in [7, 11) is 1.57. The number of anilines is 1. The maximum Gasteiger partial charge on any atom is 0.336 e. The van der Waals surface area contributed by atoms with Crippen molar-refractivity contribution in [3.8, 4) is 5.75 Å². The summed E-state index contributed by atoms with van der Waals surface area (Å²) in [6, 6.07) is 14.2. The Morgan fingerprint density at radius 2 is 1.76 bits per heavy atom. The molecule has 25 heavy (non-hydrogen) atoms. The lowest BCUT2D eigenvalue weighted by molar-refractivity contribution is -0.114. The Bertz CT molecular complexity index is 1000. The summed E-state index contributed by atoms with van der Waals surface area (Å²) in [5.41, 5.74) is 2.45. The molecule has 0 atom stereocenters. The van der Waals surface area contributed by atoms with Crippen LogP contribution in [0.4, 0.5) is 5.69 Å². The molecule has 0 unspecified atom stereocenters. The van der Waals surface area contributed by atoms with Crippen molar-refractivity contribution in [1.82, 2.24) is 0 Å². The molecular weight excluding hydrogens is 318 g/mol. The van der Waals surface area contributed by atoms with Crippen molar-refractivity contribution in [3.05, 3.63) is 70.1 Å². The molecule has 126 valence electrons. The second kappa shape index (κ2) is 7.05. The van der Waals surface area contributed by atoms with Crippen molar-refractivity contribution < 1.29 is 13.9 Å². The van der Waals surface area contributed by atoms with E-state index in [0.717, 1.165) is 16.6 Å². The summed E-state index contributed by atoms with van der Waals surface area (Å²) in [6.07, 6.45) is 3.74. The number of ether oxygens (including phenoxy) is 1. The van der Waals surface area contributed by atoms with Crippen LogP contribution in [0.2, 0.25) is 0 Å². The Hall–Kier alpha value is -3.34. The first kappa shape index (κ1) is 16.5. The van der Waals surface area contributed by atoms with Gasteiger partial charge in [-0.15, -0.1) is 0 Å². The predicted molar refractivity (Wildman–Crippen MR) is 98.7 cm³/mol. The van der Waals surface area contributed by atoms with Crippen LogP contribution < -0.4 is 15.7 Å². The normalized spacial score (nSPS) is 11.0. The van der Waals surface area contributed by atoms with Gasteiger partial charge in [-0.3, -0.25) is 4.79 Å². The van der Waals surface area contributed by atoms with Crippen LogP contribution in [0.1, 0.15) is 18.1 Å². The van der Waals surface area contributed by atoms with E-state index in [9.17, 15) is 9.59 Å². The molecule has 0 saturated carbocycles. The Kier molecular flexibility index (Phi) is 4.66. The second-order valence-corrected chi connectivity index (χ2v) is 5.49. The van der Waals surface area contributed by atoms with Crippen LogP contribution in [0.25, 0.3) is 23.1 Å². The van der Waals surface area contributed by atoms with Gasteiger partial charge in [0.2, 0.25) is 5.91 Å². The van der Waals surface area contributed by atoms with Gasteiger partial charge in [-0.1, -0.05) is 18.2 Å². The average molecular weight is 335 g/mol. The minimum atomic E-state index is -0.407. The summed E-state index contributed by atoms with van der Waals surface area (Å²) in [4.78, 5) is 22.6. The van der Waals surface area contributed by atoms with Gasteiger partial charge in [-0.2, -0.15) is 0 Å². The molecule has 1 amide bonds. The third-order valence-corrected chi connectivity index (χ3v) is 3.68. The van der Waals surface area contributed by atoms with E-state index in [-0.39, 0.29) is 5.91 Å². The highest BCUT2D eigenvalue weighted by molar-refractivity contribution is 5.91. The van der Waals surface area contributed by atoms with Gasteiger partial charge in [0.1, 0.15) is 11.3 Å². The fourth-order valence-electron chi connectivity index (χ4n) is 2.53. The second-order valence-electron chi connectivity index (χ2n) is 5.49. The summed E-state index contributed by atoms with van der Waals surface area (Å²) >= 11 is 0. The molecular formula is C20H17NO4. The molecule has 1 aromatic heterocycles. The van der Waals surface area contributed by atoms with E-state index in [0.29, 0.717) is 16.9 Å². The first-order valence-electron chi connectivity index (χ1n) is 7.73. The molecule has 0 aliphatic heterocycles. The van der Waals surface area contributed by atoms with E-state index in [1.165, 1.54) is 13.0 Å². The van der Waals surface area contributed by atoms with Gasteiger partial charge in [0.15, 0.2) is 0 Å². The van der Waals surface area contributed by atoms with Crippen LogP contribution >= 0.6 is 0 Å². The summed E-state index contributed by atoms with van der Waals surface area (Å²) in [5.74, 6) is 0.506. The van der Waals surface area contributed by atoms with Crippen LogP contribution in [0.5, 0.6) is 5.75 Å². The maximum atomic E-state index is 11.6. The number of benzene rings is 2. The Labute approximate surface area is 144 Å². The molecule has 0 saturated heterocycles. The molecule has 5 heteroatoms. The van der Waals surface area contributed by atoms with Gasteiger partial charge in [0.25, 0.3) is 0 Å². The molecule has 1 heterocycles. The average Bonchev–Trinajstić information content (AvgIpc) is 2.60. The lowest BCUT2D eigenvalue weighted by atomic mass is 10.1. The van der Waals surface area contributed by atoms with Gasteiger partial charge in [0, 0.05) is 24.1 Å². The number of amides is 1. The molecule has 0 spiro atoms. The number of carbonyl (C=O) groups is 1. The largest absolute Gasteiger partial charge is 0.496 e. The third-order valence-electron chi connectivity index (χ3n) is 3.68. The molecule has 1 N–H and O–H groups in total. The zero-order valence-electron chi connectivity index (χ0n) is 13.9. The van der Waals surface area contributed by atoms with Crippen molar-refractivity contribution in [2.45, 2.75) is 6.92 Å². The monoisotopic (exact) mass is 335 g/mol. The fraction of sp³-hybridized carbons (Fsp3) is 0.100. The lowest BCUT2D eigenvalue weighted by Crippen LogP contribution is -2.05. The van der Waals surface area contributed by atoms with Crippen LogP contribution in [-0.4, -0.2) is 13.0 Å². The van der Waals surface area contributed by atoms with Gasteiger partial charge < -0.3 is 14.5 Å². The van der Waals surface area contributed by atoms with Crippen molar-refractivity contribution in [2.24, 2.45) is 0 Å². The van der Waals surface area contributed by atoms with Crippen molar-refractivity contribution in [2.75, 3.05) is 12.4 Å². The van der Waals surface area contributed by atoms with Crippen molar-refractivity contribution >= 4 is 34.7 Å². The van der Waals surface area contributed by atoms with E-state index in [1.54, 1.807) is 13.2 Å². The molecule has 3 aromatic rings. The predicted octanol–water partition coefficient (Wildman–Crippen LogP) is 3.93. The quantitative estimate of drug-likeness (QED) is 0.579. The van der Waals surface area contributed by atoms with E-state index in [1.807, 2.05) is 48.6 Å². The first-order valence-corrected chi connectivity index (χ1v) is 7.73. The zero-order chi connectivity index (χ0) is 17.8. The number of hydrogen-bond donors (Lipinski definition) is 1. The fourth-order valence-corrected chi connectivity index (χ4v) is 2.53. The molecule has 0 aliphatic carbocycles. The highest BCUT2D eigenvalue weighted by Gasteiger charge is 2.08. The van der Waals surface area contributed by atoms with Crippen LogP contribution in [0.15, 0.2) is 57.7 Å². The number of methoxy groups -OCH3 is 1. The number of hydrogen-bond acceptors (Lipinski definition) is 4. The van der Waals surface area contributed by atoms with Gasteiger partial charge in [0.05, 0.1) is 12.7 Å². The molecule has 5 nitrogen and oxygen atoms in total. The molecule has 2 aromatic carbocycles. The molecule has 0 radical (unpaired) electrons. The highest BCUT2D eigenvalue weighted by Crippen LogP contribution is 2.29. The van der Waals surface area contributed by atoms with Crippen molar-refractivity contribution in [3.63, 3.8) is 0 Å². The number of rotatable bonds is 4. The third kappa shape index (κ3) is 3.77. The molecule has 0 bridgehead atoms. The smallest absolute Gasteiger partial charge is 0.336 e.